The minimum absolute atomic E-state index is 0.371. The zero-order valence-electron chi connectivity index (χ0n) is 13.4. The lowest BCUT2D eigenvalue weighted by Gasteiger charge is -2.14. The summed E-state index contributed by atoms with van der Waals surface area (Å²) in [6.07, 6.45) is 0. The number of benzene rings is 2. The molecule has 0 bridgehead atoms. The molecule has 0 aliphatic rings. The highest BCUT2D eigenvalue weighted by Crippen LogP contribution is 2.32. The molecule has 0 radical (unpaired) electrons. The molecule has 0 aliphatic heterocycles. The standard InChI is InChI=1S/C12H11ClN4O8S3/c13-9-5-10(12(27(15,22)23)6-11(9)26(14,20)21)16-28(24,25)8-3-1-7(2-4-8)17(18)19/h1-6,16H,(H2,14,20,21)(H2,15,22,23). The van der Waals surface area contributed by atoms with E-state index in [-0.39, 0.29) is 5.69 Å². The maximum atomic E-state index is 12.5. The molecular formula is C12H11ClN4O8S3. The fraction of sp³-hybridized carbons (Fsp3) is 0. The van der Waals surface area contributed by atoms with Crippen molar-refractivity contribution in [2.75, 3.05) is 4.72 Å². The second-order valence-corrected chi connectivity index (χ2v) is 10.4. The van der Waals surface area contributed by atoms with E-state index in [1.54, 1.807) is 0 Å². The van der Waals surface area contributed by atoms with Crippen molar-refractivity contribution in [3.63, 3.8) is 0 Å². The fourth-order valence-corrected chi connectivity index (χ4v) is 5.03. The first-order valence-electron chi connectivity index (χ1n) is 6.79. The van der Waals surface area contributed by atoms with E-state index in [9.17, 15) is 35.4 Å². The van der Waals surface area contributed by atoms with Gasteiger partial charge in [0.1, 0.15) is 9.79 Å². The third kappa shape index (κ3) is 4.75. The molecule has 0 saturated heterocycles. The molecule has 0 unspecified atom stereocenters. The molecule has 0 saturated carbocycles. The van der Waals surface area contributed by atoms with Gasteiger partial charge < -0.3 is 0 Å². The van der Waals surface area contributed by atoms with Crippen LogP contribution in [0.2, 0.25) is 5.02 Å². The molecule has 16 heteroatoms. The van der Waals surface area contributed by atoms with Crippen LogP contribution in [0.25, 0.3) is 0 Å². The van der Waals surface area contributed by atoms with Crippen LogP contribution in [-0.2, 0) is 30.1 Å². The van der Waals surface area contributed by atoms with Crippen LogP contribution in [0.15, 0.2) is 51.1 Å². The predicted octanol–water partition coefficient (Wildman–Crippen LogP) is 0.344. The van der Waals surface area contributed by atoms with E-state index in [0.717, 1.165) is 24.3 Å². The molecule has 0 fully saturated rings. The maximum absolute atomic E-state index is 12.5. The topological polar surface area (TPSA) is 210 Å². The van der Waals surface area contributed by atoms with Gasteiger partial charge in [0.05, 0.1) is 20.5 Å². The van der Waals surface area contributed by atoms with E-state index in [1.165, 1.54) is 0 Å². The summed E-state index contributed by atoms with van der Waals surface area (Å²) < 4.78 is 73.4. The number of nitro benzene ring substituents is 1. The zero-order valence-corrected chi connectivity index (χ0v) is 16.6. The normalized spacial score (nSPS) is 12.5. The molecule has 2 aromatic carbocycles. The number of primary sulfonamides is 2. The van der Waals surface area contributed by atoms with E-state index in [1.807, 2.05) is 4.72 Å². The lowest BCUT2D eigenvalue weighted by atomic mass is 10.3. The summed E-state index contributed by atoms with van der Waals surface area (Å²) >= 11 is 5.76. The maximum Gasteiger partial charge on any atom is 0.269 e. The number of halogens is 1. The van der Waals surface area contributed by atoms with E-state index < -0.39 is 60.4 Å². The third-order valence-electron chi connectivity index (χ3n) is 3.25. The van der Waals surface area contributed by atoms with Gasteiger partial charge >= 0.3 is 0 Å². The largest absolute Gasteiger partial charge is 0.278 e. The molecule has 12 nitrogen and oxygen atoms in total. The highest BCUT2D eigenvalue weighted by Gasteiger charge is 2.25. The Morgan fingerprint density at radius 1 is 0.893 bits per heavy atom. The number of nitrogens with one attached hydrogen (secondary N) is 1. The van der Waals surface area contributed by atoms with Crippen LogP contribution in [0.5, 0.6) is 0 Å². The second kappa shape index (κ2) is 7.26. The lowest BCUT2D eigenvalue weighted by Crippen LogP contribution is -2.21. The quantitative estimate of drug-likeness (QED) is 0.394. The lowest BCUT2D eigenvalue weighted by molar-refractivity contribution is -0.384. The Hall–Kier alpha value is -2.30. The summed E-state index contributed by atoms with van der Waals surface area (Å²) in [5.74, 6) is 0. The van der Waals surface area contributed by atoms with E-state index in [0.29, 0.717) is 12.1 Å². The van der Waals surface area contributed by atoms with E-state index in [4.69, 9.17) is 21.9 Å². The number of nitrogens with two attached hydrogens (primary N) is 2. The number of hydrogen-bond donors (Lipinski definition) is 3. The summed E-state index contributed by atoms with van der Waals surface area (Å²) in [6, 6.07) is 4.90. The van der Waals surface area contributed by atoms with Crippen molar-refractivity contribution in [2.24, 2.45) is 10.3 Å². The molecule has 2 rings (SSSR count). The molecule has 28 heavy (non-hydrogen) atoms. The van der Waals surface area contributed by atoms with Crippen molar-refractivity contribution in [1.29, 1.82) is 0 Å². The van der Waals surface area contributed by atoms with E-state index >= 15 is 0 Å². The van der Waals surface area contributed by atoms with Crippen molar-refractivity contribution in [1.82, 2.24) is 0 Å². The fourth-order valence-electron chi connectivity index (χ4n) is 2.02. The Bertz CT molecular complexity index is 1270. The van der Waals surface area contributed by atoms with Crippen molar-refractivity contribution < 1.29 is 30.2 Å². The molecule has 5 N–H and O–H groups in total. The Morgan fingerprint density at radius 3 is 1.82 bits per heavy atom. The monoisotopic (exact) mass is 470 g/mol. The van der Waals surface area contributed by atoms with Gasteiger partial charge in [-0.05, 0) is 24.3 Å². The van der Waals surface area contributed by atoms with Gasteiger partial charge in [-0.15, -0.1) is 0 Å². The van der Waals surface area contributed by atoms with Crippen LogP contribution < -0.4 is 15.0 Å². The molecule has 0 spiro atoms. The smallest absolute Gasteiger partial charge is 0.269 e. The highest BCUT2D eigenvalue weighted by molar-refractivity contribution is 7.93. The number of rotatable bonds is 6. The highest BCUT2D eigenvalue weighted by atomic mass is 35.5. The van der Waals surface area contributed by atoms with Gasteiger partial charge in [0.2, 0.25) is 20.0 Å². The first kappa shape index (κ1) is 22.0. The second-order valence-electron chi connectivity index (χ2n) is 5.23. The summed E-state index contributed by atoms with van der Waals surface area (Å²) in [5, 5.41) is 20.0. The first-order chi connectivity index (χ1) is 12.6. The van der Waals surface area contributed by atoms with Crippen molar-refractivity contribution in [3.8, 4) is 0 Å². The Kier molecular flexibility index (Phi) is 5.71. The number of nitrogens with zero attached hydrogens (tertiary/aromatic N) is 1. The van der Waals surface area contributed by atoms with Crippen LogP contribution in [-0.4, -0.2) is 30.2 Å². The van der Waals surface area contributed by atoms with Crippen LogP contribution in [0.1, 0.15) is 0 Å². The van der Waals surface area contributed by atoms with Crippen molar-refractivity contribution >= 4 is 53.0 Å². The Balaban J connectivity index is 2.61. The van der Waals surface area contributed by atoms with Gasteiger partial charge in [0.25, 0.3) is 15.7 Å². The molecule has 0 atom stereocenters. The minimum Gasteiger partial charge on any atom is -0.278 e. The number of sulfonamides is 3. The SMILES string of the molecule is NS(=O)(=O)c1cc(S(N)(=O)=O)c(NS(=O)(=O)c2ccc([N+](=O)[O-])cc2)cc1Cl. The average Bonchev–Trinajstić information content (AvgIpc) is 2.52. The molecule has 0 aliphatic carbocycles. The zero-order chi connectivity index (χ0) is 21.5. The number of anilines is 1. The number of hydrogen-bond acceptors (Lipinski definition) is 8. The third-order valence-corrected chi connectivity index (χ3v) is 6.96. The summed E-state index contributed by atoms with van der Waals surface area (Å²) in [6.45, 7) is 0. The number of non-ortho nitro benzene ring substituents is 1. The van der Waals surface area contributed by atoms with Gasteiger partial charge in [-0.2, -0.15) is 0 Å². The van der Waals surface area contributed by atoms with Gasteiger partial charge in [0.15, 0.2) is 0 Å². The van der Waals surface area contributed by atoms with Crippen molar-refractivity contribution in [2.45, 2.75) is 14.7 Å². The summed E-state index contributed by atoms with van der Waals surface area (Å²) in [7, 11) is -13.5. The van der Waals surface area contributed by atoms with Gasteiger partial charge in [-0.3, -0.25) is 14.8 Å². The van der Waals surface area contributed by atoms with Crippen LogP contribution in [0.3, 0.4) is 0 Å². The molecular weight excluding hydrogens is 460 g/mol. The van der Waals surface area contributed by atoms with Gasteiger partial charge in [-0.25, -0.2) is 35.5 Å². The van der Waals surface area contributed by atoms with Gasteiger partial charge in [-0.1, -0.05) is 11.6 Å². The van der Waals surface area contributed by atoms with Gasteiger partial charge in [0, 0.05) is 12.1 Å². The van der Waals surface area contributed by atoms with Crippen LogP contribution in [0, 0.1) is 10.1 Å². The molecule has 0 heterocycles. The van der Waals surface area contributed by atoms with Crippen LogP contribution >= 0.6 is 11.6 Å². The Labute approximate surface area is 164 Å². The summed E-state index contributed by atoms with van der Waals surface area (Å²) in [4.78, 5) is 7.79. The van der Waals surface area contributed by atoms with Crippen molar-refractivity contribution in [3.05, 3.63) is 51.5 Å². The molecule has 0 amide bonds. The minimum atomic E-state index is -4.60. The predicted molar refractivity (Wildman–Crippen MR) is 98.1 cm³/mol. The average molecular weight is 471 g/mol. The first-order valence-corrected chi connectivity index (χ1v) is 11.7. The molecule has 152 valence electrons. The van der Waals surface area contributed by atoms with Crippen LogP contribution in [0.4, 0.5) is 11.4 Å². The molecule has 2 aromatic rings. The summed E-state index contributed by atoms with van der Waals surface area (Å²) in [5.41, 5.74) is -1.01. The van der Waals surface area contributed by atoms with E-state index in [2.05, 4.69) is 0 Å². The number of nitro groups is 1. The molecule has 0 aromatic heterocycles. The Morgan fingerprint density at radius 2 is 1.39 bits per heavy atom.